The van der Waals surface area contributed by atoms with Crippen LogP contribution in [-0.2, 0) is 14.3 Å². The van der Waals surface area contributed by atoms with Crippen LogP contribution in [-0.4, -0.2) is 29.4 Å². The Morgan fingerprint density at radius 1 is 1.75 bits per heavy atom. The minimum absolute atomic E-state index is 0.00408. The summed E-state index contributed by atoms with van der Waals surface area (Å²) in [6, 6.07) is 0. The van der Waals surface area contributed by atoms with E-state index in [1.165, 1.54) is 11.8 Å². The lowest BCUT2D eigenvalue weighted by atomic mass is 10.1. The Hall–Kier alpha value is -0.510. The molecule has 0 aromatic heterocycles. The van der Waals surface area contributed by atoms with Crippen molar-refractivity contribution in [3.63, 3.8) is 0 Å². The largest absolute Gasteiger partial charge is 0.465 e. The number of esters is 1. The van der Waals surface area contributed by atoms with Gasteiger partial charge in [0, 0.05) is 11.7 Å². The van der Waals surface area contributed by atoms with Gasteiger partial charge < -0.3 is 4.74 Å². The Labute approximate surface area is 75.8 Å². The number of ether oxygens (including phenoxy) is 1. The van der Waals surface area contributed by atoms with Crippen molar-refractivity contribution >= 4 is 23.5 Å². The Morgan fingerprint density at radius 2 is 2.42 bits per heavy atom. The van der Waals surface area contributed by atoms with Crippen molar-refractivity contribution in [1.82, 2.24) is 0 Å². The summed E-state index contributed by atoms with van der Waals surface area (Å²) in [5.41, 5.74) is 0. The van der Waals surface area contributed by atoms with Crippen LogP contribution in [0.3, 0.4) is 0 Å². The van der Waals surface area contributed by atoms with E-state index in [9.17, 15) is 9.59 Å². The zero-order chi connectivity index (χ0) is 9.14. The van der Waals surface area contributed by atoms with E-state index in [1.807, 2.05) is 6.92 Å². The first-order valence-corrected chi connectivity index (χ1v) is 5.03. The van der Waals surface area contributed by atoms with Gasteiger partial charge in [0.05, 0.1) is 6.61 Å². The van der Waals surface area contributed by atoms with Gasteiger partial charge >= 0.3 is 5.97 Å². The summed E-state index contributed by atoms with van der Waals surface area (Å²) in [7, 11) is 0. The molecule has 0 saturated carbocycles. The SMILES string of the molecule is CCOC(=O)C1SCC(C)C1=O. The molecule has 1 aliphatic rings. The quantitative estimate of drug-likeness (QED) is 0.476. The normalized spacial score (nSPS) is 29.0. The van der Waals surface area contributed by atoms with Gasteiger partial charge in [0.25, 0.3) is 0 Å². The fourth-order valence-electron chi connectivity index (χ4n) is 1.07. The number of carbonyl (C=O) groups excluding carboxylic acids is 2. The molecule has 0 spiro atoms. The van der Waals surface area contributed by atoms with E-state index in [0.29, 0.717) is 6.61 Å². The lowest BCUT2D eigenvalue weighted by Crippen LogP contribution is -2.27. The van der Waals surface area contributed by atoms with E-state index < -0.39 is 5.25 Å². The van der Waals surface area contributed by atoms with E-state index in [2.05, 4.69) is 0 Å². The van der Waals surface area contributed by atoms with Crippen LogP contribution in [0.15, 0.2) is 0 Å². The zero-order valence-corrected chi connectivity index (χ0v) is 8.02. The molecule has 4 heteroatoms. The summed E-state index contributed by atoms with van der Waals surface area (Å²) in [5.74, 6) is 0.377. The van der Waals surface area contributed by atoms with Gasteiger partial charge in [-0.2, -0.15) is 0 Å². The molecule has 12 heavy (non-hydrogen) atoms. The van der Waals surface area contributed by atoms with Gasteiger partial charge in [0.2, 0.25) is 0 Å². The molecule has 1 rings (SSSR count). The molecular weight excluding hydrogens is 176 g/mol. The van der Waals surface area contributed by atoms with Gasteiger partial charge in [0.15, 0.2) is 11.0 Å². The highest BCUT2D eigenvalue weighted by molar-refractivity contribution is 8.01. The minimum atomic E-state index is -0.556. The predicted octanol–water partition coefficient (Wildman–Crippen LogP) is 0.870. The molecule has 2 atom stereocenters. The van der Waals surface area contributed by atoms with E-state index in [0.717, 1.165) is 5.75 Å². The maximum atomic E-state index is 11.3. The van der Waals surface area contributed by atoms with Gasteiger partial charge in [-0.05, 0) is 6.92 Å². The van der Waals surface area contributed by atoms with E-state index in [-0.39, 0.29) is 17.7 Å². The van der Waals surface area contributed by atoms with Crippen LogP contribution in [0.25, 0.3) is 0 Å². The Bertz CT molecular complexity index is 202. The maximum Gasteiger partial charge on any atom is 0.326 e. The summed E-state index contributed by atoms with van der Waals surface area (Å²) in [6.07, 6.45) is 0. The lowest BCUT2D eigenvalue weighted by Gasteiger charge is -2.05. The fourth-order valence-corrected chi connectivity index (χ4v) is 2.31. The Kier molecular flexibility index (Phi) is 3.14. The fraction of sp³-hybridized carbons (Fsp3) is 0.750. The highest BCUT2D eigenvalue weighted by Crippen LogP contribution is 2.28. The number of rotatable bonds is 2. The third kappa shape index (κ3) is 1.80. The third-order valence-corrected chi connectivity index (χ3v) is 3.21. The summed E-state index contributed by atoms with van der Waals surface area (Å²) >= 11 is 1.38. The molecule has 0 amide bonds. The molecule has 0 aromatic carbocycles. The molecule has 0 N–H and O–H groups in total. The molecule has 2 unspecified atom stereocenters. The van der Waals surface area contributed by atoms with Crippen molar-refractivity contribution in [2.45, 2.75) is 19.1 Å². The van der Waals surface area contributed by atoms with Crippen LogP contribution >= 0.6 is 11.8 Å². The molecule has 1 aliphatic heterocycles. The monoisotopic (exact) mass is 188 g/mol. The van der Waals surface area contributed by atoms with Crippen molar-refractivity contribution in [3.05, 3.63) is 0 Å². The second-order valence-electron chi connectivity index (χ2n) is 2.77. The highest BCUT2D eigenvalue weighted by Gasteiger charge is 2.37. The third-order valence-electron chi connectivity index (χ3n) is 1.76. The average molecular weight is 188 g/mol. The van der Waals surface area contributed by atoms with Gasteiger partial charge in [-0.15, -0.1) is 11.8 Å². The minimum Gasteiger partial charge on any atom is -0.465 e. The molecule has 3 nitrogen and oxygen atoms in total. The van der Waals surface area contributed by atoms with Crippen LogP contribution < -0.4 is 0 Å². The van der Waals surface area contributed by atoms with Crippen molar-refractivity contribution in [2.75, 3.05) is 12.4 Å². The topological polar surface area (TPSA) is 43.4 Å². The Balaban J connectivity index is 2.53. The van der Waals surface area contributed by atoms with Gasteiger partial charge in [0.1, 0.15) is 0 Å². The van der Waals surface area contributed by atoms with Crippen LogP contribution in [0.1, 0.15) is 13.8 Å². The van der Waals surface area contributed by atoms with E-state index in [1.54, 1.807) is 6.92 Å². The number of Topliss-reactive ketones (excluding diaryl/α,β-unsaturated/α-hetero) is 1. The van der Waals surface area contributed by atoms with Crippen molar-refractivity contribution in [3.8, 4) is 0 Å². The highest BCUT2D eigenvalue weighted by atomic mass is 32.2. The molecule has 1 heterocycles. The van der Waals surface area contributed by atoms with Crippen LogP contribution in [0.4, 0.5) is 0 Å². The van der Waals surface area contributed by atoms with Crippen molar-refractivity contribution in [2.24, 2.45) is 5.92 Å². The van der Waals surface area contributed by atoms with Crippen LogP contribution in [0.5, 0.6) is 0 Å². The van der Waals surface area contributed by atoms with Crippen LogP contribution in [0, 0.1) is 5.92 Å². The first-order chi connectivity index (χ1) is 5.66. The van der Waals surface area contributed by atoms with Gasteiger partial charge in [-0.1, -0.05) is 6.92 Å². The number of carbonyl (C=O) groups is 2. The second kappa shape index (κ2) is 3.94. The van der Waals surface area contributed by atoms with Crippen LogP contribution in [0.2, 0.25) is 0 Å². The first kappa shape index (κ1) is 9.58. The standard InChI is InChI=1S/C8H12O3S/c1-3-11-8(10)7-6(9)5(2)4-12-7/h5,7H,3-4H2,1-2H3. The van der Waals surface area contributed by atoms with E-state index >= 15 is 0 Å². The molecule has 1 saturated heterocycles. The van der Waals surface area contributed by atoms with Gasteiger partial charge in [-0.3, -0.25) is 9.59 Å². The molecule has 1 fully saturated rings. The smallest absolute Gasteiger partial charge is 0.326 e. The molecule has 0 radical (unpaired) electrons. The second-order valence-corrected chi connectivity index (χ2v) is 3.91. The number of thioether (sulfide) groups is 1. The number of hydrogen-bond acceptors (Lipinski definition) is 4. The van der Waals surface area contributed by atoms with E-state index in [4.69, 9.17) is 4.74 Å². The molecule has 68 valence electrons. The summed E-state index contributed by atoms with van der Waals surface area (Å²) < 4.78 is 4.76. The van der Waals surface area contributed by atoms with Crippen molar-refractivity contribution in [1.29, 1.82) is 0 Å². The molecule has 0 aromatic rings. The zero-order valence-electron chi connectivity index (χ0n) is 7.20. The number of ketones is 1. The Morgan fingerprint density at radius 3 is 2.83 bits per heavy atom. The molecule has 0 bridgehead atoms. The summed E-state index contributed by atoms with van der Waals surface area (Å²) in [5, 5.41) is -0.556. The number of hydrogen-bond donors (Lipinski definition) is 0. The van der Waals surface area contributed by atoms with Gasteiger partial charge in [-0.25, -0.2) is 0 Å². The first-order valence-electron chi connectivity index (χ1n) is 3.98. The lowest BCUT2D eigenvalue weighted by molar-refractivity contribution is -0.144. The maximum absolute atomic E-state index is 11.3. The summed E-state index contributed by atoms with van der Waals surface area (Å²) in [4.78, 5) is 22.4. The molecule has 0 aliphatic carbocycles. The molecular formula is C8H12O3S. The average Bonchev–Trinajstić information content (AvgIpc) is 2.34. The predicted molar refractivity (Wildman–Crippen MR) is 47.1 cm³/mol. The summed E-state index contributed by atoms with van der Waals surface area (Å²) in [6.45, 7) is 3.93. The van der Waals surface area contributed by atoms with Crippen molar-refractivity contribution < 1.29 is 14.3 Å².